The fourth-order valence-electron chi connectivity index (χ4n) is 13.4. The Balaban J connectivity index is 0.000000200. The van der Waals surface area contributed by atoms with Crippen LogP contribution in [0.3, 0.4) is 0 Å². The summed E-state index contributed by atoms with van der Waals surface area (Å²) < 4.78 is 14.0. The fraction of sp³-hybridized carbons (Fsp3) is 0.435. The van der Waals surface area contributed by atoms with E-state index in [1.54, 1.807) is 35.3 Å². The van der Waals surface area contributed by atoms with Gasteiger partial charge in [-0.3, -0.25) is 24.6 Å². The summed E-state index contributed by atoms with van der Waals surface area (Å²) in [6, 6.07) is 67.1. The summed E-state index contributed by atoms with van der Waals surface area (Å²) in [6.07, 6.45) is 1.28. The van der Waals surface area contributed by atoms with E-state index < -0.39 is 40.9 Å². The minimum absolute atomic E-state index is 0.0387. The van der Waals surface area contributed by atoms with Gasteiger partial charge in [0.25, 0.3) is 16.6 Å². The number of benzene rings is 7. The molecule has 0 bridgehead atoms. The van der Waals surface area contributed by atoms with E-state index in [9.17, 15) is 24.6 Å². The lowest BCUT2D eigenvalue weighted by Gasteiger charge is -2.45. The summed E-state index contributed by atoms with van der Waals surface area (Å²) in [5, 5.41) is 26.3. The molecule has 0 aromatic heterocycles. The Bertz CT molecular complexity index is 3820. The number of aliphatic carboxylic acids is 1. The van der Waals surface area contributed by atoms with Gasteiger partial charge in [-0.05, 0) is 126 Å². The number of ketones is 2. The van der Waals surface area contributed by atoms with E-state index in [1.165, 1.54) is 43.8 Å². The highest BCUT2D eigenvalue weighted by atomic mass is 32.2. The minimum atomic E-state index is -2.86. The van der Waals surface area contributed by atoms with Crippen molar-refractivity contribution in [2.75, 3.05) is 17.3 Å². The highest BCUT2D eigenvalue weighted by molar-refractivity contribution is 8.14. The van der Waals surface area contributed by atoms with E-state index in [4.69, 9.17) is 24.6 Å². The number of hydrogen-bond donors (Lipinski definition) is 3. The molecule has 11 nitrogen and oxygen atoms in total. The Kier molecular flexibility index (Phi) is 29.0. The molecule has 3 heterocycles. The zero-order chi connectivity index (χ0) is 74.1. The number of nitrogens with two attached hydrogens (primary N) is 1. The molecular weight excluding hydrogens is 1340 g/mol. The number of Topliss-reactive ketones (excluding diaryl/α,β-unsaturated/α-hetero) is 2. The van der Waals surface area contributed by atoms with Crippen molar-refractivity contribution in [1.82, 2.24) is 0 Å². The Morgan fingerprint density at radius 2 is 0.733 bits per heavy atom. The number of nitrogens with zero attached hydrogens (tertiary/aromatic N) is 3. The lowest BCUT2D eigenvalue weighted by Crippen LogP contribution is -2.68. The molecule has 0 fully saturated rings. The molecule has 3 aliphatic heterocycles. The monoisotopic (exact) mass is 1450 g/mol. The zero-order valence-corrected chi connectivity index (χ0v) is 67.6. The number of aliphatic hydroxyl groups is 1. The largest absolute Gasteiger partial charge is 0.479 e. The minimum Gasteiger partial charge on any atom is -0.479 e. The summed E-state index contributed by atoms with van der Waals surface area (Å²) in [7, 11) is -5.68. The third-order valence-electron chi connectivity index (χ3n) is 19.5. The molecule has 101 heavy (non-hydrogen) atoms. The number of carbonyl (C=O) groups is 3. The molecule has 0 amide bonds. The Hall–Kier alpha value is -6.48. The van der Waals surface area contributed by atoms with Crippen molar-refractivity contribution in [1.29, 1.82) is 0 Å². The van der Waals surface area contributed by atoms with Gasteiger partial charge < -0.3 is 24.8 Å². The first kappa shape index (κ1) is 81.8. The molecular formula is C85H112N4O7S3Si2. The maximum atomic E-state index is 14.1. The standard InChI is InChI=1S/C34H43NO2SSi.C21H28O3Si.C18H25NO2S.C12H16N2S/c1-25(2)32(30(36)24-31-35-34(7,22-23-38-31)27-20-18-26(3)19-21-27)37-39(33(4,5)6,28-14-10-8-11-15-28)29-16-12-9-13-17-29;1-16(2)19(20(22)23)24-25(21(3,4)5,17-12-8-6-9-13-17)18-14-10-7-11-15-18;1-12(2)17(21)15(20)11-16-19-18(4,9-10-22-16)14-7-5-13(3)6-8-14;1-9-3-5-10(6-4-9)12(2)7-8-15-11(13)14-12/h8-21,25,32H,22-24H2,1-7H3;6-16,19H,1-5H3,(H,22,23);5-8,12,17,21H,9-11H2,1-4H3;3-6H,7-8H2,1-2H3,(H2,13,14)/t32-,34?;19-;17-,18?;/m000./s1. The van der Waals surface area contributed by atoms with E-state index in [2.05, 4.69) is 248 Å². The Labute approximate surface area is 619 Å². The van der Waals surface area contributed by atoms with Gasteiger partial charge in [0.2, 0.25) is 0 Å². The number of aryl methyl sites for hydroxylation is 3. The van der Waals surface area contributed by atoms with Gasteiger partial charge in [-0.25, -0.2) is 4.79 Å². The average molecular weight is 1450 g/mol. The van der Waals surface area contributed by atoms with Crippen LogP contribution in [0.15, 0.2) is 209 Å². The van der Waals surface area contributed by atoms with Gasteiger partial charge >= 0.3 is 5.97 Å². The first-order valence-corrected chi connectivity index (χ1v) is 42.5. The van der Waals surface area contributed by atoms with E-state index in [-0.39, 0.29) is 62.4 Å². The maximum Gasteiger partial charge on any atom is 0.331 e. The lowest BCUT2D eigenvalue weighted by atomic mass is 9.89. The van der Waals surface area contributed by atoms with Crippen LogP contribution in [0.1, 0.15) is 169 Å². The van der Waals surface area contributed by atoms with Gasteiger partial charge in [0.15, 0.2) is 16.7 Å². The van der Waals surface area contributed by atoms with Gasteiger partial charge in [0.1, 0.15) is 18.3 Å². The van der Waals surface area contributed by atoms with Crippen molar-refractivity contribution >= 4 is 105 Å². The Morgan fingerprint density at radius 3 is 1.01 bits per heavy atom. The summed E-state index contributed by atoms with van der Waals surface area (Å²) in [6.45, 7) is 37.7. The highest BCUT2D eigenvalue weighted by Crippen LogP contribution is 2.43. The molecule has 7 aromatic rings. The predicted molar refractivity (Wildman–Crippen MR) is 436 cm³/mol. The van der Waals surface area contributed by atoms with Gasteiger partial charge in [0.05, 0.1) is 39.5 Å². The van der Waals surface area contributed by atoms with Crippen LogP contribution in [0.4, 0.5) is 0 Å². The van der Waals surface area contributed by atoms with E-state index >= 15 is 0 Å². The maximum absolute atomic E-state index is 14.1. The Morgan fingerprint density at radius 1 is 0.446 bits per heavy atom. The summed E-state index contributed by atoms with van der Waals surface area (Å²) in [4.78, 5) is 52.7. The van der Waals surface area contributed by atoms with Crippen LogP contribution in [0.25, 0.3) is 0 Å². The topological polar surface area (TPSA) is 173 Å². The van der Waals surface area contributed by atoms with E-state index in [0.29, 0.717) is 11.6 Å². The molecule has 0 saturated carbocycles. The van der Waals surface area contributed by atoms with Crippen molar-refractivity contribution in [2.45, 2.75) is 202 Å². The summed E-state index contributed by atoms with van der Waals surface area (Å²) in [5.41, 5.74) is 12.5. The second-order valence-electron chi connectivity index (χ2n) is 30.9. The van der Waals surface area contributed by atoms with Crippen molar-refractivity contribution in [3.05, 3.63) is 228 Å². The molecule has 0 radical (unpaired) electrons. The number of rotatable bonds is 21. The smallest absolute Gasteiger partial charge is 0.331 e. The number of amidine groups is 1. The first-order chi connectivity index (χ1) is 47.6. The van der Waals surface area contributed by atoms with Gasteiger partial charge in [-0.15, -0.1) is 23.5 Å². The molecule has 540 valence electrons. The molecule has 0 aliphatic carbocycles. The second-order valence-corrected chi connectivity index (χ2v) is 42.8. The number of aliphatic hydroxyl groups excluding tert-OH is 1. The van der Waals surface area contributed by atoms with Gasteiger partial charge in [-0.1, -0.05) is 306 Å². The van der Waals surface area contributed by atoms with Crippen molar-refractivity contribution in [2.24, 2.45) is 38.5 Å². The average Bonchev–Trinajstić information content (AvgIpc) is 0.750. The molecule has 4 N–H and O–H groups in total. The number of carboxylic acid groups (broad SMARTS) is 1. The number of hydrogen-bond acceptors (Lipinski definition) is 13. The van der Waals surface area contributed by atoms with Crippen LogP contribution in [0.5, 0.6) is 0 Å². The van der Waals surface area contributed by atoms with Crippen molar-refractivity contribution in [3.8, 4) is 0 Å². The molecule has 16 heteroatoms. The number of carboxylic acids is 1. The van der Waals surface area contributed by atoms with Crippen molar-refractivity contribution in [3.63, 3.8) is 0 Å². The zero-order valence-electron chi connectivity index (χ0n) is 63.2. The molecule has 0 spiro atoms. The van der Waals surface area contributed by atoms with Crippen LogP contribution in [-0.2, 0) is 39.9 Å². The SMILES string of the molecule is CC(C)[C@H](O[Si](c1ccccc1)(c1ccccc1)C(C)(C)C)C(=O)O.Cc1ccc(C2(C)CCSC(CC(=O)[C@@H](O)C(C)C)=N2)cc1.Cc1ccc(C2(C)CCSC(CC(=O)[C@@H](O[Si](c3ccccc3)(c3ccccc3)C(C)(C)C)C(C)C)=N2)cc1.Cc1ccc(C2(C)CCSC(N)=N2)cc1. The quantitative estimate of drug-likeness (QED) is 0.0585. The first-order valence-electron chi connectivity index (χ1n) is 35.7. The molecule has 6 atom stereocenters. The molecule has 0 saturated heterocycles. The molecule has 3 aliphatic rings. The van der Waals surface area contributed by atoms with E-state index in [0.717, 1.165) is 57.0 Å². The molecule has 3 unspecified atom stereocenters. The van der Waals surface area contributed by atoms with E-state index in [1.807, 2.05) is 76.2 Å². The van der Waals surface area contributed by atoms with Crippen LogP contribution in [0, 0.1) is 38.5 Å². The number of carbonyl (C=O) groups excluding carboxylic acids is 2. The normalized spacial score (nSPS) is 19.7. The molecule has 7 aromatic carbocycles. The third-order valence-corrected chi connectivity index (χ3v) is 32.3. The van der Waals surface area contributed by atoms with Gasteiger partial charge in [0, 0.05) is 17.3 Å². The predicted octanol–water partition coefficient (Wildman–Crippen LogP) is 17.4. The van der Waals surface area contributed by atoms with Gasteiger partial charge in [-0.2, -0.15) is 0 Å². The third kappa shape index (κ3) is 20.9. The highest BCUT2D eigenvalue weighted by Gasteiger charge is 2.54. The number of thioether (sulfide) groups is 3. The van der Waals surface area contributed by atoms with Crippen LogP contribution < -0.4 is 26.5 Å². The van der Waals surface area contributed by atoms with Crippen molar-refractivity contribution < 1.29 is 33.4 Å². The van der Waals surface area contributed by atoms with Crippen LogP contribution in [-0.4, -0.2) is 95.2 Å². The van der Waals surface area contributed by atoms with Crippen LogP contribution >= 0.6 is 35.3 Å². The lowest BCUT2D eigenvalue weighted by molar-refractivity contribution is -0.147. The fourth-order valence-corrected chi connectivity index (χ4v) is 26.4. The summed E-state index contributed by atoms with van der Waals surface area (Å²) in [5.74, 6) is 1.93. The van der Waals surface area contributed by atoms with Crippen LogP contribution in [0.2, 0.25) is 10.1 Å². The summed E-state index contributed by atoms with van der Waals surface area (Å²) >= 11 is 5.01. The second kappa shape index (κ2) is 35.8. The number of aliphatic imine (C=N–C) groups is 3. The molecule has 10 rings (SSSR count).